The van der Waals surface area contributed by atoms with E-state index in [0.717, 1.165) is 49.6 Å². The molecule has 0 radical (unpaired) electrons. The van der Waals surface area contributed by atoms with Gasteiger partial charge in [0.25, 0.3) is 5.91 Å². The molecule has 6 heteroatoms. The van der Waals surface area contributed by atoms with Crippen molar-refractivity contribution in [1.29, 1.82) is 0 Å². The summed E-state index contributed by atoms with van der Waals surface area (Å²) in [5, 5.41) is 3.41. The van der Waals surface area contributed by atoms with Gasteiger partial charge in [-0.2, -0.15) is 0 Å². The third kappa shape index (κ3) is 3.02. The number of rotatable bonds is 3. The second-order valence-corrected chi connectivity index (χ2v) is 8.31. The fourth-order valence-corrected chi connectivity index (χ4v) is 4.78. The van der Waals surface area contributed by atoms with E-state index in [1.807, 2.05) is 30.0 Å². The Balaban J connectivity index is 1.29. The molecule has 2 aromatic heterocycles. The Morgan fingerprint density at radius 3 is 2.58 bits per heavy atom. The third-order valence-electron chi connectivity index (χ3n) is 5.32. The minimum atomic E-state index is 0.203. The Kier molecular flexibility index (Phi) is 4.00. The van der Waals surface area contributed by atoms with Crippen LogP contribution in [0.1, 0.15) is 40.2 Å². The zero-order valence-electron chi connectivity index (χ0n) is 13.9. The number of thiophene rings is 1. The van der Waals surface area contributed by atoms with Crippen molar-refractivity contribution in [1.82, 2.24) is 14.9 Å². The number of amides is 1. The molecule has 1 spiro atoms. The van der Waals surface area contributed by atoms with Gasteiger partial charge >= 0.3 is 0 Å². The molecule has 0 bridgehead atoms. The molecule has 2 aliphatic rings. The summed E-state index contributed by atoms with van der Waals surface area (Å²) in [6, 6.07) is 6.28. The van der Waals surface area contributed by atoms with E-state index in [4.69, 9.17) is 0 Å². The molecule has 0 aromatic carbocycles. The number of nitrogens with zero attached hydrogens (tertiary/aromatic N) is 3. The number of nitrogens with one attached hydrogen (secondary N) is 1. The molecule has 0 unspecified atom stereocenters. The van der Waals surface area contributed by atoms with Gasteiger partial charge in [-0.1, -0.05) is 0 Å². The fourth-order valence-electron chi connectivity index (χ4n) is 3.94. The first-order valence-electron chi connectivity index (χ1n) is 8.53. The van der Waals surface area contributed by atoms with Crippen molar-refractivity contribution < 1.29 is 4.79 Å². The molecular formula is C18H22N4OS. The van der Waals surface area contributed by atoms with Crippen LogP contribution in [-0.4, -0.2) is 39.9 Å². The minimum absolute atomic E-state index is 0.203. The SMILES string of the molecule is Cc1ccc(C(=O)N2CCC3(CC2)CC(Nc2ncccn2)C3)s1. The van der Waals surface area contributed by atoms with Gasteiger partial charge in [-0.25, -0.2) is 9.97 Å². The van der Waals surface area contributed by atoms with Crippen LogP contribution < -0.4 is 5.32 Å². The maximum atomic E-state index is 12.5. The van der Waals surface area contributed by atoms with Gasteiger partial charge < -0.3 is 10.2 Å². The molecule has 3 heterocycles. The predicted molar refractivity (Wildman–Crippen MR) is 95.3 cm³/mol. The largest absolute Gasteiger partial charge is 0.351 e. The zero-order chi connectivity index (χ0) is 16.6. The normalized spacial score (nSPS) is 20.0. The first-order valence-corrected chi connectivity index (χ1v) is 9.35. The van der Waals surface area contributed by atoms with Gasteiger partial charge in [0.2, 0.25) is 5.95 Å². The Hall–Kier alpha value is -1.95. The summed E-state index contributed by atoms with van der Waals surface area (Å²) in [6.07, 6.45) is 8.06. The number of hydrogen-bond acceptors (Lipinski definition) is 5. The molecule has 1 N–H and O–H groups in total. The molecule has 2 aromatic rings. The number of anilines is 1. The van der Waals surface area contributed by atoms with Crippen molar-refractivity contribution >= 4 is 23.2 Å². The summed E-state index contributed by atoms with van der Waals surface area (Å²) in [5.74, 6) is 0.924. The van der Waals surface area contributed by atoms with E-state index in [9.17, 15) is 4.79 Å². The quantitative estimate of drug-likeness (QED) is 0.929. The summed E-state index contributed by atoms with van der Waals surface area (Å²) in [4.78, 5) is 25.1. The molecule has 4 rings (SSSR count). The van der Waals surface area contributed by atoms with Crippen LogP contribution in [0.25, 0.3) is 0 Å². The van der Waals surface area contributed by atoms with Gasteiger partial charge in [-0.05, 0) is 56.2 Å². The van der Waals surface area contributed by atoms with E-state index >= 15 is 0 Å². The molecule has 1 aliphatic heterocycles. The van der Waals surface area contributed by atoms with Crippen molar-refractivity contribution in [3.8, 4) is 0 Å². The number of likely N-dealkylation sites (tertiary alicyclic amines) is 1. The number of aryl methyl sites for hydroxylation is 1. The summed E-state index contributed by atoms with van der Waals surface area (Å²) in [6.45, 7) is 3.80. The summed E-state index contributed by atoms with van der Waals surface area (Å²) < 4.78 is 0. The van der Waals surface area contributed by atoms with Crippen LogP contribution in [0, 0.1) is 12.3 Å². The average Bonchev–Trinajstić information content (AvgIpc) is 3.01. The average molecular weight is 342 g/mol. The first kappa shape index (κ1) is 15.6. The fraction of sp³-hybridized carbons (Fsp3) is 0.500. The lowest BCUT2D eigenvalue weighted by atomic mass is 9.60. The number of carbonyl (C=O) groups excluding carboxylic acids is 1. The van der Waals surface area contributed by atoms with E-state index in [1.54, 1.807) is 23.7 Å². The highest BCUT2D eigenvalue weighted by molar-refractivity contribution is 7.13. The number of carbonyl (C=O) groups is 1. The highest BCUT2D eigenvalue weighted by Crippen LogP contribution is 2.50. The van der Waals surface area contributed by atoms with Crippen molar-refractivity contribution in [2.75, 3.05) is 18.4 Å². The number of aromatic nitrogens is 2. The van der Waals surface area contributed by atoms with E-state index in [0.29, 0.717) is 11.5 Å². The second-order valence-electron chi connectivity index (χ2n) is 7.02. The standard InChI is InChI=1S/C18H22N4OS/c1-13-3-4-15(24-13)16(23)22-9-5-18(6-10-22)11-14(12-18)21-17-19-7-2-8-20-17/h2-4,7-8,14H,5-6,9-12H2,1H3,(H,19,20,21). The summed E-state index contributed by atoms with van der Waals surface area (Å²) in [7, 11) is 0. The smallest absolute Gasteiger partial charge is 0.263 e. The van der Waals surface area contributed by atoms with E-state index in [-0.39, 0.29) is 5.91 Å². The Bertz CT molecular complexity index is 714. The van der Waals surface area contributed by atoms with E-state index in [1.165, 1.54) is 4.88 Å². The van der Waals surface area contributed by atoms with Gasteiger partial charge in [0.05, 0.1) is 4.88 Å². The third-order valence-corrected chi connectivity index (χ3v) is 6.31. The lowest BCUT2D eigenvalue weighted by molar-refractivity contribution is 0.0221. The molecule has 1 amide bonds. The number of piperidine rings is 1. The monoisotopic (exact) mass is 342 g/mol. The topological polar surface area (TPSA) is 58.1 Å². The lowest BCUT2D eigenvalue weighted by Crippen LogP contribution is -2.52. The molecular weight excluding hydrogens is 320 g/mol. The van der Waals surface area contributed by atoms with E-state index in [2.05, 4.69) is 15.3 Å². The van der Waals surface area contributed by atoms with Gasteiger partial charge in [-0.15, -0.1) is 11.3 Å². The molecule has 1 aliphatic carbocycles. The van der Waals surface area contributed by atoms with Gasteiger partial charge in [0, 0.05) is 36.4 Å². The highest BCUT2D eigenvalue weighted by atomic mass is 32.1. The van der Waals surface area contributed by atoms with Gasteiger partial charge in [-0.3, -0.25) is 4.79 Å². The zero-order valence-corrected chi connectivity index (χ0v) is 14.7. The van der Waals surface area contributed by atoms with Gasteiger partial charge in [0.15, 0.2) is 0 Å². The highest BCUT2D eigenvalue weighted by Gasteiger charge is 2.46. The molecule has 2 fully saturated rings. The first-order chi connectivity index (χ1) is 11.6. The maximum Gasteiger partial charge on any atom is 0.263 e. The van der Waals surface area contributed by atoms with Crippen molar-refractivity contribution in [3.05, 3.63) is 40.3 Å². The van der Waals surface area contributed by atoms with Crippen molar-refractivity contribution in [3.63, 3.8) is 0 Å². The Morgan fingerprint density at radius 2 is 1.96 bits per heavy atom. The Morgan fingerprint density at radius 1 is 1.25 bits per heavy atom. The summed E-state index contributed by atoms with van der Waals surface area (Å²) in [5.41, 5.74) is 0.411. The van der Waals surface area contributed by atoms with Crippen LogP contribution in [0.15, 0.2) is 30.6 Å². The molecule has 0 atom stereocenters. The van der Waals surface area contributed by atoms with Crippen LogP contribution in [0.4, 0.5) is 5.95 Å². The molecule has 24 heavy (non-hydrogen) atoms. The van der Waals surface area contributed by atoms with Crippen molar-refractivity contribution in [2.24, 2.45) is 5.41 Å². The molecule has 5 nitrogen and oxygen atoms in total. The van der Waals surface area contributed by atoms with Crippen LogP contribution in [-0.2, 0) is 0 Å². The lowest BCUT2D eigenvalue weighted by Gasteiger charge is -2.52. The molecule has 126 valence electrons. The summed E-state index contributed by atoms with van der Waals surface area (Å²) >= 11 is 1.60. The Labute approximate surface area is 146 Å². The molecule has 1 saturated heterocycles. The van der Waals surface area contributed by atoms with Crippen LogP contribution in [0.2, 0.25) is 0 Å². The van der Waals surface area contributed by atoms with Crippen LogP contribution >= 0.6 is 11.3 Å². The van der Waals surface area contributed by atoms with Crippen LogP contribution in [0.3, 0.4) is 0 Å². The van der Waals surface area contributed by atoms with Gasteiger partial charge in [0.1, 0.15) is 0 Å². The predicted octanol–water partition coefficient (Wildman–Crippen LogP) is 3.34. The van der Waals surface area contributed by atoms with Crippen LogP contribution in [0.5, 0.6) is 0 Å². The minimum Gasteiger partial charge on any atom is -0.351 e. The number of hydrogen-bond donors (Lipinski definition) is 1. The molecule has 1 saturated carbocycles. The maximum absolute atomic E-state index is 12.5. The van der Waals surface area contributed by atoms with Crippen molar-refractivity contribution in [2.45, 2.75) is 38.6 Å². The van der Waals surface area contributed by atoms with E-state index < -0.39 is 0 Å². The second kappa shape index (κ2) is 6.16.